The van der Waals surface area contributed by atoms with E-state index in [1.165, 1.54) is 5.56 Å². The predicted molar refractivity (Wildman–Crippen MR) is 91.9 cm³/mol. The minimum Gasteiger partial charge on any atom is -0.457 e. The molecule has 0 atom stereocenters. The average molecular weight is 336 g/mol. The Morgan fingerprint density at radius 2 is 1.48 bits per heavy atom. The summed E-state index contributed by atoms with van der Waals surface area (Å²) in [4.78, 5) is 2.48. The Morgan fingerprint density at radius 1 is 0.957 bits per heavy atom. The van der Waals surface area contributed by atoms with Gasteiger partial charge in [-0.25, -0.2) is 4.84 Å². The molecule has 124 valence electrons. The third-order valence-corrected chi connectivity index (χ3v) is 4.28. The summed E-state index contributed by atoms with van der Waals surface area (Å²) in [5.74, 6) is 1.57. The number of hydrogen-bond acceptors (Lipinski definition) is 4. The SMILES string of the molecule is Cc1ccc(Oc2ccc(CCC(CO)(CO)NCl)cc2)cc1. The van der Waals surface area contributed by atoms with Gasteiger partial charge in [-0.3, -0.25) is 0 Å². The van der Waals surface area contributed by atoms with E-state index in [0.717, 1.165) is 17.1 Å². The molecule has 2 aromatic carbocycles. The molecule has 0 spiro atoms. The summed E-state index contributed by atoms with van der Waals surface area (Å²) in [5.41, 5.74) is 1.41. The highest BCUT2D eigenvalue weighted by atomic mass is 35.5. The van der Waals surface area contributed by atoms with Gasteiger partial charge in [0.15, 0.2) is 0 Å². The molecule has 2 aromatic rings. The van der Waals surface area contributed by atoms with Gasteiger partial charge in [0.05, 0.1) is 18.8 Å². The molecule has 4 nitrogen and oxygen atoms in total. The number of halogens is 1. The van der Waals surface area contributed by atoms with E-state index in [0.29, 0.717) is 12.8 Å². The second kappa shape index (κ2) is 8.31. The van der Waals surface area contributed by atoms with Gasteiger partial charge in [0, 0.05) is 0 Å². The number of rotatable bonds is 8. The quantitative estimate of drug-likeness (QED) is 0.648. The molecule has 0 aromatic heterocycles. The third kappa shape index (κ3) is 4.94. The van der Waals surface area contributed by atoms with Crippen molar-refractivity contribution in [2.75, 3.05) is 13.2 Å². The van der Waals surface area contributed by atoms with Crippen molar-refractivity contribution in [2.45, 2.75) is 25.3 Å². The van der Waals surface area contributed by atoms with Gasteiger partial charge in [-0.2, -0.15) is 0 Å². The van der Waals surface area contributed by atoms with Crippen molar-refractivity contribution in [3.63, 3.8) is 0 Å². The van der Waals surface area contributed by atoms with Crippen LogP contribution in [0.15, 0.2) is 48.5 Å². The zero-order valence-electron chi connectivity index (χ0n) is 13.1. The Bertz CT molecular complexity index is 586. The number of benzene rings is 2. The topological polar surface area (TPSA) is 61.7 Å². The van der Waals surface area contributed by atoms with Crippen molar-refractivity contribution in [3.8, 4) is 11.5 Å². The summed E-state index contributed by atoms with van der Waals surface area (Å²) in [6, 6.07) is 15.6. The second-order valence-corrected chi connectivity index (χ2v) is 5.94. The molecule has 0 heterocycles. The highest BCUT2D eigenvalue weighted by Crippen LogP contribution is 2.23. The molecular formula is C18H22ClNO3. The molecule has 0 aliphatic carbocycles. The van der Waals surface area contributed by atoms with E-state index >= 15 is 0 Å². The van der Waals surface area contributed by atoms with Crippen LogP contribution in [-0.2, 0) is 6.42 Å². The van der Waals surface area contributed by atoms with Crippen LogP contribution in [0.4, 0.5) is 0 Å². The normalized spacial score (nSPS) is 11.5. The van der Waals surface area contributed by atoms with E-state index in [1.807, 2.05) is 55.5 Å². The molecule has 0 bridgehead atoms. The van der Waals surface area contributed by atoms with Gasteiger partial charge in [0.25, 0.3) is 0 Å². The van der Waals surface area contributed by atoms with Crippen molar-refractivity contribution in [3.05, 3.63) is 59.7 Å². The molecule has 0 fully saturated rings. The fourth-order valence-corrected chi connectivity index (χ4v) is 2.38. The first-order chi connectivity index (χ1) is 11.1. The van der Waals surface area contributed by atoms with Crippen LogP contribution in [0, 0.1) is 6.92 Å². The van der Waals surface area contributed by atoms with Crippen molar-refractivity contribution in [2.24, 2.45) is 0 Å². The summed E-state index contributed by atoms with van der Waals surface area (Å²) >= 11 is 5.63. The second-order valence-electron chi connectivity index (χ2n) is 5.75. The fraction of sp³-hybridized carbons (Fsp3) is 0.333. The first kappa shape index (κ1) is 17.8. The molecule has 3 N–H and O–H groups in total. The van der Waals surface area contributed by atoms with Gasteiger partial charge in [0.2, 0.25) is 0 Å². The molecule has 0 saturated carbocycles. The van der Waals surface area contributed by atoms with Gasteiger partial charge in [-0.05, 0) is 61.4 Å². The lowest BCUT2D eigenvalue weighted by molar-refractivity contribution is 0.103. The van der Waals surface area contributed by atoms with Gasteiger partial charge >= 0.3 is 0 Å². The standard InChI is InChI=1S/C18H22ClNO3/c1-14-2-6-16(7-3-14)23-17-8-4-15(5-9-17)10-11-18(12-21,13-22)20-19/h2-9,20-22H,10-13H2,1H3. The molecule has 0 aliphatic heterocycles. The number of nitrogens with one attached hydrogen (secondary N) is 1. The van der Waals surface area contributed by atoms with Crippen LogP contribution in [0.1, 0.15) is 17.5 Å². The molecule has 0 aliphatic rings. The molecule has 0 unspecified atom stereocenters. The van der Waals surface area contributed by atoms with Crippen LogP contribution in [0.25, 0.3) is 0 Å². The summed E-state index contributed by atoms with van der Waals surface area (Å²) in [7, 11) is 0. The van der Waals surface area contributed by atoms with E-state index in [2.05, 4.69) is 4.84 Å². The van der Waals surface area contributed by atoms with Crippen molar-refractivity contribution >= 4 is 11.8 Å². The van der Waals surface area contributed by atoms with Crippen LogP contribution in [0.2, 0.25) is 0 Å². The van der Waals surface area contributed by atoms with E-state index < -0.39 is 5.54 Å². The summed E-state index contributed by atoms with van der Waals surface area (Å²) in [5, 5.41) is 18.7. The zero-order valence-corrected chi connectivity index (χ0v) is 13.9. The molecule has 0 amide bonds. The number of aliphatic hydroxyl groups excluding tert-OH is 2. The smallest absolute Gasteiger partial charge is 0.127 e. The van der Waals surface area contributed by atoms with E-state index in [9.17, 15) is 10.2 Å². The van der Waals surface area contributed by atoms with E-state index in [-0.39, 0.29) is 13.2 Å². The van der Waals surface area contributed by atoms with Crippen molar-refractivity contribution in [1.82, 2.24) is 4.84 Å². The molecule has 2 rings (SSSR count). The maximum atomic E-state index is 9.36. The van der Waals surface area contributed by atoms with Gasteiger partial charge in [-0.15, -0.1) is 0 Å². The number of hydrogen-bond donors (Lipinski definition) is 3. The lowest BCUT2D eigenvalue weighted by atomic mass is 9.94. The van der Waals surface area contributed by atoms with Crippen molar-refractivity contribution in [1.29, 1.82) is 0 Å². The highest BCUT2D eigenvalue weighted by molar-refractivity contribution is 6.13. The largest absolute Gasteiger partial charge is 0.457 e. The van der Waals surface area contributed by atoms with E-state index in [1.54, 1.807) is 0 Å². The van der Waals surface area contributed by atoms with Gasteiger partial charge in [-0.1, -0.05) is 29.8 Å². The van der Waals surface area contributed by atoms with Crippen LogP contribution >= 0.6 is 11.8 Å². The van der Waals surface area contributed by atoms with Crippen molar-refractivity contribution < 1.29 is 14.9 Å². The summed E-state index contributed by atoms with van der Waals surface area (Å²) < 4.78 is 5.78. The van der Waals surface area contributed by atoms with E-state index in [4.69, 9.17) is 16.5 Å². The Morgan fingerprint density at radius 3 is 1.96 bits per heavy atom. The Balaban J connectivity index is 1.95. The van der Waals surface area contributed by atoms with Gasteiger partial charge in [0.1, 0.15) is 11.5 Å². The maximum absolute atomic E-state index is 9.36. The van der Waals surface area contributed by atoms with Crippen LogP contribution in [-0.4, -0.2) is 29.0 Å². The minimum absolute atomic E-state index is 0.221. The zero-order chi connectivity index (χ0) is 16.7. The third-order valence-electron chi connectivity index (χ3n) is 3.88. The Labute approximate surface area is 141 Å². The Kier molecular flexibility index (Phi) is 6.42. The predicted octanol–water partition coefficient (Wildman–Crippen LogP) is 3.19. The molecule has 5 heteroatoms. The summed E-state index contributed by atoms with van der Waals surface area (Å²) in [6.07, 6.45) is 1.22. The first-order valence-electron chi connectivity index (χ1n) is 7.54. The lowest BCUT2D eigenvalue weighted by Crippen LogP contribution is -2.47. The Hall–Kier alpha value is -1.59. The summed E-state index contributed by atoms with van der Waals surface area (Å²) in [6.45, 7) is 1.59. The lowest BCUT2D eigenvalue weighted by Gasteiger charge is -2.27. The first-order valence-corrected chi connectivity index (χ1v) is 7.91. The highest BCUT2D eigenvalue weighted by Gasteiger charge is 2.27. The monoisotopic (exact) mass is 335 g/mol. The molecule has 23 heavy (non-hydrogen) atoms. The maximum Gasteiger partial charge on any atom is 0.127 e. The number of aryl methyl sites for hydroxylation is 2. The minimum atomic E-state index is -0.862. The fourth-order valence-electron chi connectivity index (χ4n) is 2.17. The molecule has 0 saturated heterocycles. The average Bonchev–Trinajstić information content (AvgIpc) is 2.60. The van der Waals surface area contributed by atoms with Crippen LogP contribution in [0.5, 0.6) is 11.5 Å². The number of ether oxygens (including phenoxy) is 1. The van der Waals surface area contributed by atoms with Gasteiger partial charge < -0.3 is 14.9 Å². The van der Waals surface area contributed by atoms with Crippen LogP contribution < -0.4 is 9.57 Å². The van der Waals surface area contributed by atoms with Crippen LogP contribution in [0.3, 0.4) is 0 Å². The molecule has 0 radical (unpaired) electrons. The number of aliphatic hydroxyl groups is 2. The molecular weight excluding hydrogens is 314 g/mol.